The van der Waals surface area contributed by atoms with Gasteiger partial charge in [-0.05, 0) is 65.6 Å². The van der Waals surface area contributed by atoms with E-state index in [1.165, 1.54) is 24.0 Å². The molecule has 1 spiro atoms. The van der Waals surface area contributed by atoms with Crippen LogP contribution in [-0.4, -0.2) is 12.5 Å². The molecule has 2 aliphatic heterocycles. The van der Waals surface area contributed by atoms with E-state index in [0.29, 0.717) is 6.61 Å². The molecule has 0 fully saturated rings. The quantitative estimate of drug-likeness (QED) is 0.357. The standard InChI is InChI=1S/C32H27NO2/c34-31-32(21-35-29-20-25-16-8-7-15-24(25)19-27(29)32)26-17-9-10-18-28(26)33(31)30(22-11-3-1-4-12-22)23-13-5-2-6-14-23/h1-6,9-14,17-20,30H,7-8,15-16,21H2. The van der Waals surface area contributed by atoms with Crippen molar-refractivity contribution in [3.8, 4) is 5.75 Å². The van der Waals surface area contributed by atoms with E-state index in [4.69, 9.17) is 4.74 Å². The molecule has 4 aromatic carbocycles. The number of anilines is 1. The van der Waals surface area contributed by atoms with Gasteiger partial charge in [-0.2, -0.15) is 0 Å². The summed E-state index contributed by atoms with van der Waals surface area (Å²) in [6.45, 7) is 0.355. The lowest BCUT2D eigenvalue weighted by Crippen LogP contribution is -2.44. The molecule has 3 heteroatoms. The highest BCUT2D eigenvalue weighted by molar-refractivity contribution is 6.12. The summed E-state index contributed by atoms with van der Waals surface area (Å²) in [4.78, 5) is 16.8. The summed E-state index contributed by atoms with van der Waals surface area (Å²) < 4.78 is 6.32. The molecule has 172 valence electrons. The van der Waals surface area contributed by atoms with Crippen LogP contribution in [0.1, 0.15) is 52.3 Å². The van der Waals surface area contributed by atoms with Gasteiger partial charge in [-0.25, -0.2) is 0 Å². The Hall–Kier alpha value is -3.85. The van der Waals surface area contributed by atoms with Crippen LogP contribution >= 0.6 is 0 Å². The second-order valence-corrected chi connectivity index (χ2v) is 9.93. The van der Waals surface area contributed by atoms with Crippen LogP contribution in [0.25, 0.3) is 0 Å². The zero-order valence-corrected chi connectivity index (χ0v) is 19.6. The van der Waals surface area contributed by atoms with Gasteiger partial charge in [-0.15, -0.1) is 0 Å². The van der Waals surface area contributed by atoms with E-state index in [0.717, 1.165) is 46.5 Å². The maximum Gasteiger partial charge on any atom is 0.246 e. The van der Waals surface area contributed by atoms with Crippen molar-refractivity contribution in [2.45, 2.75) is 37.1 Å². The SMILES string of the molecule is O=C1N(C(c2ccccc2)c2ccccc2)c2ccccc2C12COc1cc3c(cc12)CCCC3. The summed E-state index contributed by atoms with van der Waals surface area (Å²) in [5.74, 6) is 0.984. The Balaban J connectivity index is 1.45. The minimum atomic E-state index is -0.805. The van der Waals surface area contributed by atoms with E-state index in [1.54, 1.807) is 0 Å². The third kappa shape index (κ3) is 2.94. The molecule has 0 bridgehead atoms. The largest absolute Gasteiger partial charge is 0.491 e. The van der Waals surface area contributed by atoms with Gasteiger partial charge in [-0.3, -0.25) is 9.69 Å². The Morgan fingerprint density at radius 2 is 1.31 bits per heavy atom. The molecular formula is C32H27NO2. The molecule has 7 rings (SSSR count). The van der Waals surface area contributed by atoms with Gasteiger partial charge in [0.2, 0.25) is 5.91 Å². The van der Waals surface area contributed by atoms with E-state index in [2.05, 4.69) is 48.5 Å². The van der Waals surface area contributed by atoms with Gasteiger partial charge in [0.15, 0.2) is 0 Å². The summed E-state index contributed by atoms with van der Waals surface area (Å²) in [5, 5.41) is 0. The Kier molecular flexibility index (Phi) is 4.60. The molecule has 1 amide bonds. The van der Waals surface area contributed by atoms with Crippen LogP contribution in [0.4, 0.5) is 5.69 Å². The molecular weight excluding hydrogens is 430 g/mol. The molecule has 0 saturated carbocycles. The van der Waals surface area contributed by atoms with Crippen LogP contribution in [-0.2, 0) is 23.1 Å². The molecule has 3 nitrogen and oxygen atoms in total. The van der Waals surface area contributed by atoms with Crippen LogP contribution in [0, 0.1) is 0 Å². The number of carbonyl (C=O) groups is 1. The second-order valence-electron chi connectivity index (χ2n) is 9.93. The highest BCUT2D eigenvalue weighted by Gasteiger charge is 2.58. The van der Waals surface area contributed by atoms with Gasteiger partial charge < -0.3 is 4.74 Å². The number of aryl methyl sites for hydroxylation is 2. The molecule has 1 unspecified atom stereocenters. The normalized spacial score (nSPS) is 20.0. The van der Waals surface area contributed by atoms with Crippen LogP contribution in [0.5, 0.6) is 5.75 Å². The number of benzene rings is 4. The summed E-state index contributed by atoms with van der Waals surface area (Å²) in [6, 6.07) is 33.3. The fraction of sp³-hybridized carbons (Fsp3) is 0.219. The smallest absolute Gasteiger partial charge is 0.246 e. The van der Waals surface area contributed by atoms with Crippen molar-refractivity contribution < 1.29 is 9.53 Å². The Morgan fingerprint density at radius 3 is 2.00 bits per heavy atom. The van der Waals surface area contributed by atoms with Crippen molar-refractivity contribution in [3.63, 3.8) is 0 Å². The number of ether oxygens (including phenoxy) is 1. The fourth-order valence-electron chi connectivity index (χ4n) is 6.37. The van der Waals surface area contributed by atoms with Gasteiger partial charge in [0, 0.05) is 11.3 Å². The first-order valence-electron chi connectivity index (χ1n) is 12.6. The van der Waals surface area contributed by atoms with Crippen molar-refractivity contribution in [1.82, 2.24) is 0 Å². The van der Waals surface area contributed by atoms with Crippen LogP contribution < -0.4 is 9.64 Å². The predicted molar refractivity (Wildman–Crippen MR) is 138 cm³/mol. The highest BCUT2D eigenvalue weighted by atomic mass is 16.5. The number of carbonyl (C=O) groups excluding carboxylic acids is 1. The van der Waals surface area contributed by atoms with Crippen molar-refractivity contribution in [2.24, 2.45) is 0 Å². The number of hydrogen-bond donors (Lipinski definition) is 0. The summed E-state index contributed by atoms with van der Waals surface area (Å²) in [7, 11) is 0. The number of para-hydroxylation sites is 1. The van der Waals surface area contributed by atoms with Crippen LogP contribution in [0.3, 0.4) is 0 Å². The van der Waals surface area contributed by atoms with Crippen molar-refractivity contribution in [3.05, 3.63) is 130 Å². The molecule has 1 aliphatic carbocycles. The number of amides is 1. The van der Waals surface area contributed by atoms with Crippen molar-refractivity contribution in [2.75, 3.05) is 11.5 Å². The monoisotopic (exact) mass is 457 g/mol. The number of nitrogens with zero attached hydrogens (tertiary/aromatic N) is 1. The van der Waals surface area contributed by atoms with Gasteiger partial charge in [-0.1, -0.05) is 84.9 Å². The third-order valence-corrected chi connectivity index (χ3v) is 8.04. The fourth-order valence-corrected chi connectivity index (χ4v) is 6.37. The maximum absolute atomic E-state index is 14.8. The van der Waals surface area contributed by atoms with E-state index >= 15 is 0 Å². The predicted octanol–water partition coefficient (Wildman–Crippen LogP) is 6.38. The van der Waals surface area contributed by atoms with E-state index in [9.17, 15) is 4.79 Å². The molecule has 0 N–H and O–H groups in total. The average molecular weight is 458 g/mol. The topological polar surface area (TPSA) is 29.5 Å². The lowest BCUT2D eigenvalue weighted by atomic mass is 9.75. The van der Waals surface area contributed by atoms with Gasteiger partial charge in [0.1, 0.15) is 17.8 Å². The highest BCUT2D eigenvalue weighted by Crippen LogP contribution is 2.55. The molecule has 0 radical (unpaired) electrons. The zero-order valence-electron chi connectivity index (χ0n) is 19.6. The number of rotatable bonds is 3. The van der Waals surface area contributed by atoms with Crippen LogP contribution in [0.15, 0.2) is 97.1 Å². The average Bonchev–Trinajstić information content (AvgIpc) is 3.41. The molecule has 3 aliphatic rings. The van der Waals surface area contributed by atoms with E-state index < -0.39 is 5.41 Å². The summed E-state index contributed by atoms with van der Waals surface area (Å²) in [6.07, 6.45) is 4.61. The van der Waals surface area contributed by atoms with E-state index in [-0.39, 0.29) is 11.9 Å². The first-order chi connectivity index (χ1) is 17.3. The molecule has 1 atom stereocenters. The molecule has 4 aromatic rings. The minimum absolute atomic E-state index is 0.103. The summed E-state index contributed by atoms with van der Waals surface area (Å²) >= 11 is 0. The van der Waals surface area contributed by atoms with Crippen molar-refractivity contribution >= 4 is 11.6 Å². The van der Waals surface area contributed by atoms with E-state index in [1.807, 2.05) is 53.4 Å². The number of fused-ring (bicyclic) bond motifs is 5. The molecule has 0 aromatic heterocycles. The summed E-state index contributed by atoms with van der Waals surface area (Å²) in [5.41, 5.74) is 7.23. The Bertz CT molecular complexity index is 1390. The second kappa shape index (κ2) is 7.84. The zero-order chi connectivity index (χ0) is 23.4. The molecule has 2 heterocycles. The van der Waals surface area contributed by atoms with Gasteiger partial charge in [0.05, 0.1) is 6.04 Å². The maximum atomic E-state index is 14.8. The Labute approximate surface area is 206 Å². The van der Waals surface area contributed by atoms with Gasteiger partial charge in [0.25, 0.3) is 0 Å². The molecule has 35 heavy (non-hydrogen) atoms. The van der Waals surface area contributed by atoms with Crippen LogP contribution in [0.2, 0.25) is 0 Å². The first kappa shape index (κ1) is 20.5. The molecule has 0 saturated heterocycles. The lowest BCUT2D eigenvalue weighted by molar-refractivity contribution is -0.122. The number of hydrogen-bond acceptors (Lipinski definition) is 2. The van der Waals surface area contributed by atoms with Gasteiger partial charge >= 0.3 is 0 Å². The third-order valence-electron chi connectivity index (χ3n) is 8.04. The first-order valence-corrected chi connectivity index (χ1v) is 12.6. The van der Waals surface area contributed by atoms with Crippen molar-refractivity contribution in [1.29, 1.82) is 0 Å². The minimum Gasteiger partial charge on any atom is -0.491 e. The lowest BCUT2D eigenvalue weighted by Gasteiger charge is -2.31. The Morgan fingerprint density at radius 1 is 0.714 bits per heavy atom.